The maximum absolute atomic E-state index is 12.1. The summed E-state index contributed by atoms with van der Waals surface area (Å²) in [5.74, 6) is 0.675. The van der Waals surface area contributed by atoms with E-state index in [2.05, 4.69) is 54.2 Å². The van der Waals surface area contributed by atoms with Crippen molar-refractivity contribution < 1.29 is 4.79 Å². The molecule has 28 heavy (non-hydrogen) atoms. The average Bonchev–Trinajstić information content (AvgIpc) is 2.72. The number of hydrogen-bond acceptors (Lipinski definition) is 6. The Bertz CT molecular complexity index is 726. The lowest BCUT2D eigenvalue weighted by Crippen LogP contribution is -2.46. The van der Waals surface area contributed by atoms with E-state index in [1.807, 2.05) is 20.2 Å². The second-order valence-electron chi connectivity index (χ2n) is 7.42. The highest BCUT2D eigenvalue weighted by Gasteiger charge is 2.19. The van der Waals surface area contributed by atoms with Crippen molar-refractivity contribution in [3.05, 3.63) is 54.0 Å². The Labute approximate surface area is 167 Å². The highest BCUT2D eigenvalue weighted by molar-refractivity contribution is 5.91. The average molecular weight is 383 g/mol. The monoisotopic (exact) mass is 382 g/mol. The van der Waals surface area contributed by atoms with Gasteiger partial charge >= 0.3 is 0 Å². The fourth-order valence-electron chi connectivity index (χ4n) is 3.27. The highest BCUT2D eigenvalue weighted by Crippen LogP contribution is 2.14. The maximum atomic E-state index is 12.1. The molecule has 150 valence electrons. The molecule has 2 heterocycles. The first kappa shape index (κ1) is 20.2. The number of carbonyl (C=O) groups is 1. The smallest absolute Gasteiger partial charge is 0.271 e. The van der Waals surface area contributed by atoms with Crippen LogP contribution in [0, 0.1) is 0 Å². The zero-order valence-corrected chi connectivity index (χ0v) is 16.8. The summed E-state index contributed by atoms with van der Waals surface area (Å²) in [4.78, 5) is 27.7. The number of aromatic nitrogens is 2. The third kappa shape index (κ3) is 6.00. The van der Waals surface area contributed by atoms with Gasteiger partial charge in [-0.25, -0.2) is 9.97 Å². The molecule has 1 saturated heterocycles. The molecule has 0 saturated carbocycles. The first-order valence-electron chi connectivity index (χ1n) is 9.88. The SMILES string of the molecule is CN(C)CCCNC(=O)c1cnc(N2CCN(Cc3ccccc3)CC2)cn1. The minimum atomic E-state index is -0.162. The van der Waals surface area contributed by atoms with Crippen molar-refractivity contribution in [1.82, 2.24) is 25.1 Å². The minimum Gasteiger partial charge on any atom is -0.353 e. The van der Waals surface area contributed by atoms with Crippen molar-refractivity contribution in [2.45, 2.75) is 13.0 Å². The van der Waals surface area contributed by atoms with Gasteiger partial charge in [-0.1, -0.05) is 30.3 Å². The molecule has 1 aromatic carbocycles. The normalized spacial score (nSPS) is 15.0. The lowest BCUT2D eigenvalue weighted by atomic mass is 10.2. The van der Waals surface area contributed by atoms with E-state index in [0.29, 0.717) is 12.2 Å². The number of carbonyl (C=O) groups excluding carboxylic acids is 1. The Hall–Kier alpha value is -2.51. The summed E-state index contributed by atoms with van der Waals surface area (Å²) < 4.78 is 0. The first-order chi connectivity index (χ1) is 13.6. The molecule has 1 aliphatic heterocycles. The van der Waals surface area contributed by atoms with E-state index in [0.717, 1.165) is 51.5 Å². The van der Waals surface area contributed by atoms with Gasteiger partial charge in [-0.05, 0) is 32.6 Å². The standard InChI is InChI=1S/C21H30N6O/c1-25(2)10-6-9-22-21(28)19-15-24-20(16-23-19)27-13-11-26(12-14-27)17-18-7-4-3-5-8-18/h3-5,7-8,15-16H,6,9-14,17H2,1-2H3,(H,22,28). The molecule has 2 aromatic rings. The van der Waals surface area contributed by atoms with Gasteiger partial charge in [0.15, 0.2) is 0 Å². The van der Waals surface area contributed by atoms with Crippen molar-refractivity contribution in [3.63, 3.8) is 0 Å². The number of hydrogen-bond donors (Lipinski definition) is 1. The molecule has 0 bridgehead atoms. The molecule has 1 aliphatic rings. The predicted molar refractivity (Wildman–Crippen MR) is 111 cm³/mol. The van der Waals surface area contributed by atoms with E-state index in [1.54, 1.807) is 12.4 Å². The van der Waals surface area contributed by atoms with Crippen LogP contribution in [0.5, 0.6) is 0 Å². The van der Waals surface area contributed by atoms with Crippen molar-refractivity contribution in [2.24, 2.45) is 0 Å². The predicted octanol–water partition coefficient (Wildman–Crippen LogP) is 1.48. The molecule has 0 unspecified atom stereocenters. The molecule has 1 amide bonds. The van der Waals surface area contributed by atoms with Crippen LogP contribution in [0.2, 0.25) is 0 Å². The zero-order chi connectivity index (χ0) is 19.8. The second-order valence-corrected chi connectivity index (χ2v) is 7.42. The van der Waals surface area contributed by atoms with Crippen molar-refractivity contribution in [3.8, 4) is 0 Å². The number of anilines is 1. The van der Waals surface area contributed by atoms with Gasteiger partial charge < -0.3 is 15.1 Å². The largest absolute Gasteiger partial charge is 0.353 e. The van der Waals surface area contributed by atoms with Crippen LogP contribution in [0.1, 0.15) is 22.5 Å². The maximum Gasteiger partial charge on any atom is 0.271 e. The van der Waals surface area contributed by atoms with E-state index < -0.39 is 0 Å². The number of piperazine rings is 1. The first-order valence-corrected chi connectivity index (χ1v) is 9.88. The van der Waals surface area contributed by atoms with Gasteiger partial charge in [0.25, 0.3) is 5.91 Å². The molecule has 3 rings (SSSR count). The summed E-state index contributed by atoms with van der Waals surface area (Å²) in [6.45, 7) is 6.38. The molecule has 7 nitrogen and oxygen atoms in total. The minimum absolute atomic E-state index is 0.162. The Morgan fingerprint density at radius 1 is 1.07 bits per heavy atom. The van der Waals surface area contributed by atoms with Crippen LogP contribution < -0.4 is 10.2 Å². The quantitative estimate of drug-likeness (QED) is 0.698. The van der Waals surface area contributed by atoms with E-state index in [9.17, 15) is 4.79 Å². The number of benzene rings is 1. The summed E-state index contributed by atoms with van der Waals surface area (Å²) in [5, 5.41) is 2.89. The van der Waals surface area contributed by atoms with Gasteiger partial charge in [-0.15, -0.1) is 0 Å². The second kappa shape index (κ2) is 10.1. The summed E-state index contributed by atoms with van der Waals surface area (Å²) in [6, 6.07) is 10.6. The Balaban J connectivity index is 1.44. The molecule has 7 heteroatoms. The number of nitrogens with one attached hydrogen (secondary N) is 1. The molecule has 1 N–H and O–H groups in total. The van der Waals surface area contributed by atoms with Crippen LogP contribution in [-0.4, -0.2) is 79.0 Å². The topological polar surface area (TPSA) is 64.6 Å². The van der Waals surface area contributed by atoms with Gasteiger partial charge in [0.1, 0.15) is 11.5 Å². The Kier molecular flexibility index (Phi) is 7.33. The molecule has 0 spiro atoms. The number of nitrogens with zero attached hydrogens (tertiary/aromatic N) is 5. The van der Waals surface area contributed by atoms with Gasteiger partial charge in [0.05, 0.1) is 12.4 Å². The van der Waals surface area contributed by atoms with Gasteiger partial charge in [0, 0.05) is 39.3 Å². The fraction of sp³-hybridized carbons (Fsp3) is 0.476. The van der Waals surface area contributed by atoms with E-state index >= 15 is 0 Å². The molecule has 0 aliphatic carbocycles. The lowest BCUT2D eigenvalue weighted by molar-refractivity contribution is 0.0947. The summed E-state index contributed by atoms with van der Waals surface area (Å²) >= 11 is 0. The van der Waals surface area contributed by atoms with Crippen LogP contribution >= 0.6 is 0 Å². The van der Waals surface area contributed by atoms with E-state index in [1.165, 1.54) is 5.56 Å². The Morgan fingerprint density at radius 2 is 1.82 bits per heavy atom. The third-order valence-corrected chi connectivity index (χ3v) is 4.88. The third-order valence-electron chi connectivity index (χ3n) is 4.88. The van der Waals surface area contributed by atoms with Crippen molar-refractivity contribution in [2.75, 3.05) is 58.3 Å². The van der Waals surface area contributed by atoms with Gasteiger partial charge in [0.2, 0.25) is 0 Å². The summed E-state index contributed by atoms with van der Waals surface area (Å²) in [7, 11) is 4.04. The highest BCUT2D eigenvalue weighted by atomic mass is 16.1. The number of amides is 1. The van der Waals surface area contributed by atoms with Crippen LogP contribution in [-0.2, 0) is 6.54 Å². The summed E-state index contributed by atoms with van der Waals surface area (Å²) in [5.41, 5.74) is 1.72. The molecular formula is C21H30N6O. The van der Waals surface area contributed by atoms with Crippen LogP contribution in [0.4, 0.5) is 5.82 Å². The van der Waals surface area contributed by atoms with Crippen LogP contribution in [0.15, 0.2) is 42.7 Å². The van der Waals surface area contributed by atoms with Gasteiger partial charge in [-0.3, -0.25) is 9.69 Å². The van der Waals surface area contributed by atoms with E-state index in [4.69, 9.17) is 0 Å². The molecular weight excluding hydrogens is 352 g/mol. The van der Waals surface area contributed by atoms with E-state index in [-0.39, 0.29) is 5.91 Å². The van der Waals surface area contributed by atoms with Crippen LogP contribution in [0.25, 0.3) is 0 Å². The summed E-state index contributed by atoms with van der Waals surface area (Å²) in [6.07, 6.45) is 4.20. The van der Waals surface area contributed by atoms with Crippen molar-refractivity contribution >= 4 is 11.7 Å². The number of rotatable bonds is 8. The van der Waals surface area contributed by atoms with Crippen molar-refractivity contribution in [1.29, 1.82) is 0 Å². The molecule has 1 aromatic heterocycles. The van der Waals surface area contributed by atoms with Gasteiger partial charge in [-0.2, -0.15) is 0 Å². The molecule has 1 fully saturated rings. The zero-order valence-electron chi connectivity index (χ0n) is 16.8. The lowest BCUT2D eigenvalue weighted by Gasteiger charge is -2.35. The Morgan fingerprint density at radius 3 is 2.46 bits per heavy atom. The van der Waals surface area contributed by atoms with Crippen LogP contribution in [0.3, 0.4) is 0 Å². The fourth-order valence-corrected chi connectivity index (χ4v) is 3.27. The molecule has 0 radical (unpaired) electrons. The molecule has 0 atom stereocenters.